The SMILES string of the molecule is CC(C)C(N)c1nc(CSc2cccc(F)c2)no1. The molecule has 102 valence electrons. The van der Waals surface area contributed by atoms with Gasteiger partial charge in [0.25, 0.3) is 0 Å². The highest BCUT2D eigenvalue weighted by atomic mass is 32.2. The Hall–Kier alpha value is -1.40. The van der Waals surface area contributed by atoms with Gasteiger partial charge in [0, 0.05) is 4.90 Å². The Morgan fingerprint density at radius 3 is 2.89 bits per heavy atom. The second-order valence-corrected chi connectivity index (χ2v) is 5.61. The number of nitrogens with zero attached hydrogens (tertiary/aromatic N) is 2. The normalized spacial score (nSPS) is 12.9. The Bertz CT molecular complexity index is 544. The molecule has 0 saturated carbocycles. The number of halogens is 1. The summed E-state index contributed by atoms with van der Waals surface area (Å²) in [5.74, 6) is 1.53. The summed E-state index contributed by atoms with van der Waals surface area (Å²) in [4.78, 5) is 5.08. The molecule has 1 aromatic carbocycles. The van der Waals surface area contributed by atoms with Gasteiger partial charge in [0.1, 0.15) is 5.82 Å². The Morgan fingerprint density at radius 1 is 1.42 bits per heavy atom. The zero-order valence-corrected chi connectivity index (χ0v) is 11.7. The number of hydrogen-bond acceptors (Lipinski definition) is 5. The van der Waals surface area contributed by atoms with E-state index in [1.54, 1.807) is 6.07 Å². The molecule has 0 spiro atoms. The predicted octanol–water partition coefficient (Wildman–Crippen LogP) is 3.16. The van der Waals surface area contributed by atoms with Crippen molar-refractivity contribution in [3.8, 4) is 0 Å². The van der Waals surface area contributed by atoms with E-state index in [1.165, 1.54) is 23.9 Å². The second kappa shape index (κ2) is 6.16. The van der Waals surface area contributed by atoms with Crippen molar-refractivity contribution in [2.45, 2.75) is 30.5 Å². The van der Waals surface area contributed by atoms with E-state index >= 15 is 0 Å². The van der Waals surface area contributed by atoms with E-state index in [2.05, 4.69) is 10.1 Å². The number of rotatable bonds is 5. The molecule has 1 aromatic heterocycles. The first-order chi connectivity index (χ1) is 9.06. The minimum Gasteiger partial charge on any atom is -0.338 e. The Kier molecular flexibility index (Phi) is 4.55. The standard InChI is InChI=1S/C13H16FN3OS/c1-8(2)12(15)13-16-11(17-18-13)7-19-10-5-3-4-9(14)6-10/h3-6,8,12H,7,15H2,1-2H3. The molecule has 2 rings (SSSR count). The van der Waals surface area contributed by atoms with Gasteiger partial charge in [-0.05, 0) is 24.1 Å². The zero-order chi connectivity index (χ0) is 13.8. The Labute approximate surface area is 115 Å². The summed E-state index contributed by atoms with van der Waals surface area (Å²) >= 11 is 1.46. The molecule has 2 aromatic rings. The molecule has 1 unspecified atom stereocenters. The van der Waals surface area contributed by atoms with Gasteiger partial charge in [-0.1, -0.05) is 25.1 Å². The van der Waals surface area contributed by atoms with Gasteiger partial charge in [0.2, 0.25) is 5.89 Å². The number of benzene rings is 1. The lowest BCUT2D eigenvalue weighted by Gasteiger charge is -2.09. The average Bonchev–Trinajstić information content (AvgIpc) is 2.84. The molecule has 4 nitrogen and oxygen atoms in total. The van der Waals surface area contributed by atoms with Gasteiger partial charge in [-0.25, -0.2) is 4.39 Å². The summed E-state index contributed by atoms with van der Waals surface area (Å²) in [6, 6.07) is 6.16. The number of nitrogens with two attached hydrogens (primary N) is 1. The van der Waals surface area contributed by atoms with E-state index in [0.29, 0.717) is 17.5 Å². The van der Waals surface area contributed by atoms with Crippen LogP contribution in [0.2, 0.25) is 0 Å². The van der Waals surface area contributed by atoms with Gasteiger partial charge in [0.15, 0.2) is 5.82 Å². The van der Waals surface area contributed by atoms with Gasteiger partial charge < -0.3 is 10.3 Å². The minimum atomic E-state index is -0.250. The van der Waals surface area contributed by atoms with Crippen molar-refractivity contribution in [1.82, 2.24) is 10.1 Å². The third-order valence-electron chi connectivity index (χ3n) is 2.65. The van der Waals surface area contributed by atoms with Gasteiger partial charge in [-0.3, -0.25) is 0 Å². The molecule has 0 fully saturated rings. The third-order valence-corrected chi connectivity index (χ3v) is 3.64. The highest BCUT2D eigenvalue weighted by Gasteiger charge is 2.17. The first-order valence-corrected chi connectivity index (χ1v) is 7.01. The number of aromatic nitrogens is 2. The largest absolute Gasteiger partial charge is 0.338 e. The van der Waals surface area contributed by atoms with Crippen LogP contribution < -0.4 is 5.73 Å². The van der Waals surface area contributed by atoms with Crippen LogP contribution >= 0.6 is 11.8 Å². The van der Waals surface area contributed by atoms with Crippen molar-refractivity contribution in [3.63, 3.8) is 0 Å². The van der Waals surface area contributed by atoms with E-state index in [1.807, 2.05) is 19.9 Å². The van der Waals surface area contributed by atoms with Crippen LogP contribution in [0, 0.1) is 11.7 Å². The van der Waals surface area contributed by atoms with Gasteiger partial charge in [0.05, 0.1) is 11.8 Å². The highest BCUT2D eigenvalue weighted by molar-refractivity contribution is 7.98. The van der Waals surface area contributed by atoms with Crippen LogP contribution in [0.3, 0.4) is 0 Å². The number of hydrogen-bond donors (Lipinski definition) is 1. The van der Waals surface area contributed by atoms with E-state index < -0.39 is 0 Å². The Balaban J connectivity index is 1.97. The molecule has 1 atom stereocenters. The maximum Gasteiger partial charge on any atom is 0.243 e. The lowest BCUT2D eigenvalue weighted by molar-refractivity contribution is 0.323. The lowest BCUT2D eigenvalue weighted by atomic mass is 10.1. The van der Waals surface area contributed by atoms with Crippen molar-refractivity contribution >= 4 is 11.8 Å². The van der Waals surface area contributed by atoms with Crippen LogP contribution in [0.15, 0.2) is 33.7 Å². The van der Waals surface area contributed by atoms with Crippen LogP contribution in [0.25, 0.3) is 0 Å². The summed E-state index contributed by atoms with van der Waals surface area (Å²) in [5.41, 5.74) is 5.93. The minimum absolute atomic E-state index is 0.240. The van der Waals surface area contributed by atoms with Crippen LogP contribution in [0.4, 0.5) is 4.39 Å². The molecule has 2 N–H and O–H groups in total. The molecule has 6 heteroatoms. The molecule has 0 aliphatic carbocycles. The van der Waals surface area contributed by atoms with Crippen molar-refractivity contribution in [2.24, 2.45) is 11.7 Å². The number of thioether (sulfide) groups is 1. The van der Waals surface area contributed by atoms with Crippen molar-refractivity contribution in [1.29, 1.82) is 0 Å². The fourth-order valence-electron chi connectivity index (χ4n) is 1.45. The topological polar surface area (TPSA) is 64.9 Å². The monoisotopic (exact) mass is 281 g/mol. The van der Waals surface area contributed by atoms with Crippen LogP contribution in [0.1, 0.15) is 31.6 Å². The molecule has 0 bridgehead atoms. The van der Waals surface area contributed by atoms with Crippen LogP contribution in [0.5, 0.6) is 0 Å². The quantitative estimate of drug-likeness (QED) is 0.853. The fraction of sp³-hybridized carbons (Fsp3) is 0.385. The first kappa shape index (κ1) is 14.0. The van der Waals surface area contributed by atoms with Gasteiger partial charge in [-0.2, -0.15) is 4.98 Å². The summed E-state index contributed by atoms with van der Waals surface area (Å²) < 4.78 is 18.1. The summed E-state index contributed by atoms with van der Waals surface area (Å²) in [6.07, 6.45) is 0. The highest BCUT2D eigenvalue weighted by Crippen LogP contribution is 2.23. The molecule has 0 aliphatic heterocycles. The van der Waals surface area contributed by atoms with E-state index in [9.17, 15) is 4.39 Å². The second-order valence-electron chi connectivity index (χ2n) is 4.56. The smallest absolute Gasteiger partial charge is 0.243 e. The summed E-state index contributed by atoms with van der Waals surface area (Å²) in [7, 11) is 0. The molecular weight excluding hydrogens is 265 g/mol. The van der Waals surface area contributed by atoms with E-state index in [-0.39, 0.29) is 17.8 Å². The molecule has 0 radical (unpaired) electrons. The molecule has 1 heterocycles. The van der Waals surface area contributed by atoms with Crippen molar-refractivity contribution in [2.75, 3.05) is 0 Å². The maximum atomic E-state index is 13.0. The summed E-state index contributed by atoms with van der Waals surface area (Å²) in [6.45, 7) is 3.99. The molecular formula is C13H16FN3OS. The maximum absolute atomic E-state index is 13.0. The predicted molar refractivity (Wildman–Crippen MR) is 72.0 cm³/mol. The third kappa shape index (κ3) is 3.78. The van der Waals surface area contributed by atoms with Crippen LogP contribution in [-0.2, 0) is 5.75 Å². The molecule has 19 heavy (non-hydrogen) atoms. The molecule has 0 saturated heterocycles. The van der Waals surface area contributed by atoms with Crippen LogP contribution in [-0.4, -0.2) is 10.1 Å². The zero-order valence-electron chi connectivity index (χ0n) is 10.8. The lowest BCUT2D eigenvalue weighted by Crippen LogP contribution is -2.17. The van der Waals surface area contributed by atoms with E-state index in [4.69, 9.17) is 10.3 Å². The molecule has 0 amide bonds. The van der Waals surface area contributed by atoms with Gasteiger partial charge in [-0.15, -0.1) is 11.8 Å². The average molecular weight is 281 g/mol. The van der Waals surface area contributed by atoms with Crippen molar-refractivity contribution < 1.29 is 8.91 Å². The van der Waals surface area contributed by atoms with Crippen molar-refractivity contribution in [3.05, 3.63) is 41.8 Å². The first-order valence-electron chi connectivity index (χ1n) is 6.02. The summed E-state index contributed by atoms with van der Waals surface area (Å²) in [5, 5.41) is 3.88. The van der Waals surface area contributed by atoms with E-state index in [0.717, 1.165) is 4.90 Å². The van der Waals surface area contributed by atoms with Gasteiger partial charge >= 0.3 is 0 Å². The Morgan fingerprint density at radius 2 is 2.21 bits per heavy atom. The fourth-order valence-corrected chi connectivity index (χ4v) is 2.24. The molecule has 0 aliphatic rings.